The number of carbonyl (C=O) groups is 2. The van der Waals surface area contributed by atoms with Crippen molar-refractivity contribution in [3.05, 3.63) is 95.1 Å². The van der Waals surface area contributed by atoms with Crippen molar-refractivity contribution in [1.29, 1.82) is 0 Å². The van der Waals surface area contributed by atoms with E-state index in [2.05, 4.69) is 10.6 Å². The van der Waals surface area contributed by atoms with Gasteiger partial charge in [0, 0.05) is 23.6 Å². The van der Waals surface area contributed by atoms with Crippen LogP contribution in [-0.4, -0.2) is 23.9 Å². The van der Waals surface area contributed by atoms with Gasteiger partial charge < -0.3 is 10.6 Å². The number of benzene rings is 3. The highest BCUT2D eigenvalue weighted by molar-refractivity contribution is 5.98. The second-order valence-electron chi connectivity index (χ2n) is 8.15. The Labute approximate surface area is 185 Å². The van der Waals surface area contributed by atoms with E-state index in [1.807, 2.05) is 30.3 Å². The smallest absolute Gasteiger partial charge is 0.252 e. The molecule has 0 bridgehead atoms. The standard InChI is InChI=1S/C26H24F2N2O2/c1-16-13-19(27)8-12-21(16)22-11-7-18(15-23(22)28)25(31)30-24(26(32)29-20-9-10-20)14-17-5-3-2-4-6-17/h2-8,11-13,15,20,24H,9-10,14H2,1H3,(H,29,32)(H,30,31). The number of carbonyl (C=O) groups excluding carboxylic acids is 2. The van der Waals surface area contributed by atoms with E-state index in [9.17, 15) is 18.4 Å². The molecule has 3 aromatic rings. The van der Waals surface area contributed by atoms with E-state index < -0.39 is 23.6 Å². The Morgan fingerprint density at radius 2 is 1.69 bits per heavy atom. The molecule has 1 unspecified atom stereocenters. The average molecular weight is 434 g/mol. The zero-order valence-corrected chi connectivity index (χ0v) is 17.7. The summed E-state index contributed by atoms with van der Waals surface area (Å²) in [5.41, 5.74) is 2.47. The molecule has 0 saturated heterocycles. The predicted octanol–water partition coefficient (Wildman–Crippen LogP) is 4.56. The molecule has 164 valence electrons. The fourth-order valence-corrected chi connectivity index (χ4v) is 3.63. The fourth-order valence-electron chi connectivity index (χ4n) is 3.63. The van der Waals surface area contributed by atoms with E-state index in [4.69, 9.17) is 0 Å². The minimum Gasteiger partial charge on any atom is -0.352 e. The highest BCUT2D eigenvalue weighted by Gasteiger charge is 2.29. The van der Waals surface area contributed by atoms with Crippen LogP contribution in [0.1, 0.15) is 34.3 Å². The normalized spacial score (nSPS) is 14.0. The van der Waals surface area contributed by atoms with E-state index in [1.54, 1.807) is 6.92 Å². The Bertz CT molecular complexity index is 1140. The number of hydrogen-bond donors (Lipinski definition) is 2. The molecule has 4 rings (SSSR count). The van der Waals surface area contributed by atoms with Crippen LogP contribution in [0.4, 0.5) is 8.78 Å². The lowest BCUT2D eigenvalue weighted by molar-refractivity contribution is -0.123. The third-order valence-electron chi connectivity index (χ3n) is 5.54. The first-order chi connectivity index (χ1) is 15.4. The molecule has 0 aromatic heterocycles. The van der Waals surface area contributed by atoms with Crippen LogP contribution in [-0.2, 0) is 11.2 Å². The summed E-state index contributed by atoms with van der Waals surface area (Å²) in [6, 6.07) is 17.1. The average Bonchev–Trinajstić information content (AvgIpc) is 3.58. The summed E-state index contributed by atoms with van der Waals surface area (Å²) in [6.45, 7) is 1.70. The number of halogens is 2. The first-order valence-electron chi connectivity index (χ1n) is 10.6. The maximum absolute atomic E-state index is 14.8. The quantitative estimate of drug-likeness (QED) is 0.573. The van der Waals surface area contributed by atoms with Crippen molar-refractivity contribution in [3.8, 4) is 11.1 Å². The van der Waals surface area contributed by atoms with Crippen LogP contribution in [0.15, 0.2) is 66.7 Å². The van der Waals surface area contributed by atoms with Crippen molar-refractivity contribution in [2.45, 2.75) is 38.3 Å². The molecule has 2 N–H and O–H groups in total. The summed E-state index contributed by atoms with van der Waals surface area (Å²) < 4.78 is 28.2. The molecule has 1 saturated carbocycles. The highest BCUT2D eigenvalue weighted by atomic mass is 19.1. The third kappa shape index (κ3) is 5.19. The Balaban J connectivity index is 1.53. The Morgan fingerprint density at radius 1 is 0.969 bits per heavy atom. The number of hydrogen-bond acceptors (Lipinski definition) is 2. The lowest BCUT2D eigenvalue weighted by Crippen LogP contribution is -2.48. The van der Waals surface area contributed by atoms with Gasteiger partial charge in [0.2, 0.25) is 5.91 Å². The summed E-state index contributed by atoms with van der Waals surface area (Å²) in [6.07, 6.45) is 2.21. The van der Waals surface area contributed by atoms with Crippen LogP contribution in [0.2, 0.25) is 0 Å². The van der Waals surface area contributed by atoms with Gasteiger partial charge in [-0.05, 0) is 60.7 Å². The Morgan fingerprint density at radius 3 is 2.34 bits per heavy atom. The largest absolute Gasteiger partial charge is 0.352 e. The van der Waals surface area contributed by atoms with Gasteiger partial charge in [-0.15, -0.1) is 0 Å². The first kappa shape index (κ1) is 21.7. The molecule has 6 heteroatoms. The van der Waals surface area contributed by atoms with Gasteiger partial charge >= 0.3 is 0 Å². The van der Waals surface area contributed by atoms with Gasteiger partial charge in [0.1, 0.15) is 17.7 Å². The van der Waals surface area contributed by atoms with Gasteiger partial charge in [-0.25, -0.2) is 8.78 Å². The number of rotatable bonds is 7. The van der Waals surface area contributed by atoms with E-state index >= 15 is 0 Å². The van der Waals surface area contributed by atoms with Gasteiger partial charge in [-0.1, -0.05) is 42.5 Å². The molecule has 2 amide bonds. The van der Waals surface area contributed by atoms with Crippen LogP contribution >= 0.6 is 0 Å². The molecule has 1 aliphatic carbocycles. The summed E-state index contributed by atoms with van der Waals surface area (Å²) >= 11 is 0. The Hall–Kier alpha value is -3.54. The van der Waals surface area contributed by atoms with Crippen LogP contribution in [0.5, 0.6) is 0 Å². The monoisotopic (exact) mass is 434 g/mol. The SMILES string of the molecule is Cc1cc(F)ccc1-c1ccc(C(=O)NC(Cc2ccccc2)C(=O)NC2CC2)cc1F. The molecule has 4 nitrogen and oxygen atoms in total. The molecule has 1 atom stereocenters. The molecule has 0 aliphatic heterocycles. The molecule has 0 heterocycles. The van der Waals surface area contributed by atoms with E-state index in [1.165, 1.54) is 30.3 Å². The number of amides is 2. The fraction of sp³-hybridized carbons (Fsp3) is 0.231. The van der Waals surface area contributed by atoms with E-state index in [0.29, 0.717) is 17.5 Å². The molecule has 32 heavy (non-hydrogen) atoms. The topological polar surface area (TPSA) is 58.2 Å². The molecular weight excluding hydrogens is 410 g/mol. The molecular formula is C26H24F2N2O2. The maximum Gasteiger partial charge on any atom is 0.252 e. The van der Waals surface area contributed by atoms with Gasteiger partial charge in [-0.2, -0.15) is 0 Å². The minimum absolute atomic E-state index is 0.114. The second kappa shape index (κ2) is 9.30. The first-order valence-corrected chi connectivity index (χ1v) is 10.6. The van der Waals surface area contributed by atoms with Crippen molar-refractivity contribution in [2.75, 3.05) is 0 Å². The van der Waals surface area contributed by atoms with Crippen LogP contribution in [0.25, 0.3) is 11.1 Å². The van der Waals surface area contributed by atoms with Crippen molar-refractivity contribution in [3.63, 3.8) is 0 Å². The number of nitrogens with one attached hydrogen (secondary N) is 2. The molecule has 0 spiro atoms. The third-order valence-corrected chi connectivity index (χ3v) is 5.54. The van der Waals surface area contributed by atoms with Crippen molar-refractivity contribution < 1.29 is 18.4 Å². The van der Waals surface area contributed by atoms with Crippen molar-refractivity contribution in [1.82, 2.24) is 10.6 Å². The zero-order chi connectivity index (χ0) is 22.7. The maximum atomic E-state index is 14.8. The summed E-state index contributed by atoms with van der Waals surface area (Å²) in [5.74, 6) is -1.76. The lowest BCUT2D eigenvalue weighted by Gasteiger charge is -2.19. The van der Waals surface area contributed by atoms with Gasteiger partial charge in [0.15, 0.2) is 0 Å². The summed E-state index contributed by atoms with van der Waals surface area (Å²) in [5, 5.41) is 5.68. The zero-order valence-electron chi connectivity index (χ0n) is 17.7. The van der Waals surface area contributed by atoms with Crippen molar-refractivity contribution >= 4 is 11.8 Å². The van der Waals surface area contributed by atoms with E-state index in [-0.39, 0.29) is 23.1 Å². The van der Waals surface area contributed by atoms with Gasteiger partial charge in [-0.3, -0.25) is 9.59 Å². The molecule has 1 fully saturated rings. The minimum atomic E-state index is -0.771. The van der Waals surface area contributed by atoms with Crippen LogP contribution in [0, 0.1) is 18.6 Å². The second-order valence-corrected chi connectivity index (χ2v) is 8.15. The lowest BCUT2D eigenvalue weighted by atomic mass is 9.98. The summed E-state index contributed by atoms with van der Waals surface area (Å²) in [7, 11) is 0. The number of aryl methyl sites for hydroxylation is 1. The molecule has 0 radical (unpaired) electrons. The highest BCUT2D eigenvalue weighted by Crippen LogP contribution is 2.27. The van der Waals surface area contributed by atoms with E-state index in [0.717, 1.165) is 24.5 Å². The van der Waals surface area contributed by atoms with Gasteiger partial charge in [0.25, 0.3) is 5.91 Å². The molecule has 3 aromatic carbocycles. The van der Waals surface area contributed by atoms with Crippen molar-refractivity contribution in [2.24, 2.45) is 0 Å². The van der Waals surface area contributed by atoms with Crippen LogP contribution in [0.3, 0.4) is 0 Å². The molecule has 1 aliphatic rings. The predicted molar refractivity (Wildman–Crippen MR) is 119 cm³/mol. The summed E-state index contributed by atoms with van der Waals surface area (Å²) in [4.78, 5) is 25.6. The van der Waals surface area contributed by atoms with Crippen LogP contribution < -0.4 is 10.6 Å². The Kier molecular flexibility index (Phi) is 6.30. The van der Waals surface area contributed by atoms with Gasteiger partial charge in [0.05, 0.1) is 0 Å².